The second kappa shape index (κ2) is 16.2. The molecular formula is C27H37ClFN6O13P3. The number of fused-ring (bicyclic) bond motifs is 1. The first-order chi connectivity index (χ1) is 24.0. The van der Waals surface area contributed by atoms with Gasteiger partial charge in [0.15, 0.2) is 23.9 Å². The number of nitrogens with zero attached hydrogens (tertiary/aromatic N) is 4. The Bertz CT molecular complexity index is 1840. The molecule has 282 valence electrons. The second-order valence-corrected chi connectivity index (χ2v) is 17.3. The van der Waals surface area contributed by atoms with Crippen molar-refractivity contribution in [3.63, 3.8) is 0 Å². The van der Waals surface area contributed by atoms with E-state index in [1.807, 2.05) is 0 Å². The van der Waals surface area contributed by atoms with Gasteiger partial charge in [0.25, 0.3) is 0 Å². The average Bonchev–Trinajstić information content (AvgIpc) is 3.58. The number of esters is 1. The van der Waals surface area contributed by atoms with E-state index in [1.165, 1.54) is 24.3 Å². The molecule has 1 aromatic carbocycles. The van der Waals surface area contributed by atoms with Crippen LogP contribution in [-0.4, -0.2) is 77.5 Å². The molecule has 6 N–H and O–H groups in total. The fraction of sp³-hybridized carbons (Fsp3) is 0.556. The molecule has 5 rings (SSSR count). The van der Waals surface area contributed by atoms with Crippen LogP contribution >= 0.6 is 35.0 Å². The van der Waals surface area contributed by atoms with Crippen LogP contribution in [0.2, 0.25) is 5.28 Å². The molecule has 19 nitrogen and oxygen atoms in total. The van der Waals surface area contributed by atoms with E-state index in [-0.39, 0.29) is 34.1 Å². The Hall–Kier alpha value is -2.57. The van der Waals surface area contributed by atoms with Gasteiger partial charge in [-0.1, -0.05) is 38.5 Å². The zero-order valence-electron chi connectivity index (χ0n) is 27.1. The van der Waals surface area contributed by atoms with Gasteiger partial charge in [-0.25, -0.2) is 23.1 Å². The van der Waals surface area contributed by atoms with Gasteiger partial charge >= 0.3 is 29.4 Å². The summed E-state index contributed by atoms with van der Waals surface area (Å²) in [5, 5.41) is 12.5. The summed E-state index contributed by atoms with van der Waals surface area (Å²) < 4.78 is 86.6. The number of alkyl halides is 1. The summed E-state index contributed by atoms with van der Waals surface area (Å²) in [6, 6.07) is 5.83. The van der Waals surface area contributed by atoms with Gasteiger partial charge in [-0.15, -0.1) is 0 Å². The Balaban J connectivity index is 1.27. The number of halogens is 2. The van der Waals surface area contributed by atoms with Gasteiger partial charge in [-0.3, -0.25) is 13.9 Å². The molecule has 0 radical (unpaired) electrons. The van der Waals surface area contributed by atoms with Crippen molar-refractivity contribution in [2.45, 2.75) is 82.7 Å². The number of phosphoric ester groups is 1. The minimum absolute atomic E-state index is 0.0406. The smallest absolute Gasteiger partial charge is 0.461 e. The number of hydrogen-bond donors (Lipinski definition) is 5. The Kier molecular flexibility index (Phi) is 12.6. The standard InChI is InChI=1S/C27H37ClFN6O13P3/c1-15(2)20(26(37)44-16-9-5-3-6-10-16)34-49(38,46-17-11-7-4-8-12-17)47-51(41,42)48-50(39,40)43-13-18-22(36)19(29)25(45-18)35-14-31-21-23(30)32-27(28)33-24(21)35/h4,7-8,11-12,14-16,18-20,22,25,36H,3,5-6,9-10,13H2,1-2H3,(H,34,38)(H,39,40)(H,41,42)(H2,30,32,33)/t18-,19+,20+,22-,25-,49?/m1/s1. The molecule has 3 aromatic rings. The largest absolute Gasteiger partial charge is 0.490 e. The third-order valence-corrected chi connectivity index (χ3v) is 12.9. The van der Waals surface area contributed by atoms with Crippen molar-refractivity contribution in [3.8, 4) is 5.75 Å². The highest BCUT2D eigenvalue weighted by Gasteiger charge is 2.49. The van der Waals surface area contributed by atoms with E-state index >= 15 is 4.39 Å². The number of rotatable bonds is 15. The number of hydrogen-bond acceptors (Lipinski definition) is 15. The lowest BCUT2D eigenvalue weighted by Crippen LogP contribution is -2.43. The number of ether oxygens (including phenoxy) is 2. The molecule has 1 saturated carbocycles. The summed E-state index contributed by atoms with van der Waals surface area (Å²) in [4.78, 5) is 45.7. The molecule has 2 aliphatic rings. The van der Waals surface area contributed by atoms with E-state index in [1.54, 1.807) is 19.9 Å². The number of nitrogens with two attached hydrogens (primary N) is 1. The number of aromatic nitrogens is 4. The van der Waals surface area contributed by atoms with E-state index in [4.69, 9.17) is 40.2 Å². The quantitative estimate of drug-likeness (QED) is 0.0799. The fourth-order valence-corrected chi connectivity index (χ4v) is 10.1. The van der Waals surface area contributed by atoms with E-state index in [0.29, 0.717) is 12.8 Å². The summed E-state index contributed by atoms with van der Waals surface area (Å²) in [6.07, 6.45) is -2.68. The Morgan fingerprint density at radius 1 is 1.12 bits per heavy atom. The van der Waals surface area contributed by atoms with Crippen LogP contribution in [0.1, 0.15) is 52.2 Å². The normalized spacial score (nSPS) is 25.6. The Morgan fingerprint density at radius 3 is 2.47 bits per heavy atom. The first-order valence-corrected chi connectivity index (χ1v) is 20.6. The van der Waals surface area contributed by atoms with Crippen molar-refractivity contribution in [1.29, 1.82) is 0 Å². The minimum Gasteiger partial charge on any atom is -0.461 e. The lowest BCUT2D eigenvalue weighted by molar-refractivity contribution is -0.153. The lowest BCUT2D eigenvalue weighted by atomic mass is 9.97. The SMILES string of the molecule is CC(C)[C@H](NP(=O)(Oc1ccccc1)OP(=O)(O)OP(=O)(O)OC[C@H]1O[C@@H](n2cnc3c(N)nc(Cl)nc32)[C@@H](F)[C@@H]1O)C(=O)OC1CCCCC1. The molecule has 0 bridgehead atoms. The number of para-hydroxylation sites is 1. The van der Waals surface area contributed by atoms with Gasteiger partial charge in [0.05, 0.1) is 12.9 Å². The predicted octanol–water partition coefficient (Wildman–Crippen LogP) is 4.59. The molecule has 8 atom stereocenters. The van der Waals surface area contributed by atoms with Crippen molar-refractivity contribution >= 4 is 57.9 Å². The van der Waals surface area contributed by atoms with Crippen LogP contribution in [0.5, 0.6) is 5.75 Å². The summed E-state index contributed by atoms with van der Waals surface area (Å²) >= 11 is 5.85. The highest BCUT2D eigenvalue weighted by molar-refractivity contribution is 7.68. The van der Waals surface area contributed by atoms with Crippen LogP contribution in [-0.2, 0) is 41.1 Å². The van der Waals surface area contributed by atoms with Gasteiger partial charge in [0.1, 0.15) is 35.6 Å². The van der Waals surface area contributed by atoms with Gasteiger partial charge in [0.2, 0.25) is 5.28 Å². The third kappa shape index (κ3) is 10.1. The number of nitrogens with one attached hydrogen (secondary N) is 1. The first kappa shape index (κ1) is 39.6. The average molecular weight is 801 g/mol. The topological polar surface area (TPSA) is 266 Å². The fourth-order valence-electron chi connectivity index (χ4n) is 5.39. The molecule has 3 heterocycles. The zero-order valence-corrected chi connectivity index (χ0v) is 30.6. The van der Waals surface area contributed by atoms with Crippen molar-refractivity contribution < 1.29 is 64.9 Å². The molecule has 0 amide bonds. The minimum atomic E-state index is -5.87. The summed E-state index contributed by atoms with van der Waals surface area (Å²) in [5.41, 5.74) is 5.79. The van der Waals surface area contributed by atoms with Crippen molar-refractivity contribution in [2.24, 2.45) is 5.92 Å². The first-order valence-electron chi connectivity index (χ1n) is 15.6. The molecule has 1 saturated heterocycles. The van der Waals surface area contributed by atoms with Crippen LogP contribution in [0.25, 0.3) is 11.2 Å². The highest BCUT2D eigenvalue weighted by atomic mass is 35.5. The van der Waals surface area contributed by atoms with Gasteiger partial charge in [0, 0.05) is 0 Å². The number of aliphatic hydroxyl groups excluding tert-OH is 1. The number of carbonyl (C=O) groups excluding carboxylic acids is 1. The van der Waals surface area contributed by atoms with E-state index in [9.17, 15) is 33.4 Å². The third-order valence-electron chi connectivity index (χ3n) is 7.83. The van der Waals surface area contributed by atoms with Crippen LogP contribution in [0, 0.1) is 5.92 Å². The maximum atomic E-state index is 15.2. The number of benzene rings is 1. The summed E-state index contributed by atoms with van der Waals surface area (Å²) in [6.45, 7) is 2.10. The molecule has 1 aliphatic heterocycles. The molecule has 2 aromatic heterocycles. The number of phosphoric acid groups is 2. The van der Waals surface area contributed by atoms with Gasteiger partial charge in [-0.2, -0.15) is 23.7 Å². The molecule has 2 fully saturated rings. The molecule has 24 heteroatoms. The van der Waals surface area contributed by atoms with E-state index < -0.39 is 72.5 Å². The van der Waals surface area contributed by atoms with Crippen molar-refractivity contribution in [3.05, 3.63) is 41.9 Å². The molecule has 51 heavy (non-hydrogen) atoms. The number of nitrogen functional groups attached to an aromatic ring is 1. The van der Waals surface area contributed by atoms with Gasteiger partial charge < -0.3 is 34.6 Å². The highest BCUT2D eigenvalue weighted by Crippen LogP contribution is 2.68. The van der Waals surface area contributed by atoms with Crippen LogP contribution in [0.15, 0.2) is 36.7 Å². The van der Waals surface area contributed by atoms with Crippen molar-refractivity contribution in [2.75, 3.05) is 12.3 Å². The number of imidazole rings is 1. The van der Waals surface area contributed by atoms with E-state index in [0.717, 1.165) is 30.2 Å². The maximum Gasteiger partial charge on any atom is 0.490 e. The molecule has 1 aliphatic carbocycles. The number of carbonyl (C=O) groups is 1. The van der Waals surface area contributed by atoms with Crippen LogP contribution in [0.4, 0.5) is 10.2 Å². The van der Waals surface area contributed by atoms with Crippen molar-refractivity contribution in [1.82, 2.24) is 24.6 Å². The maximum absolute atomic E-state index is 15.2. The van der Waals surface area contributed by atoms with Crippen LogP contribution in [0.3, 0.4) is 0 Å². The summed E-state index contributed by atoms with van der Waals surface area (Å²) in [5.74, 6) is -1.69. The van der Waals surface area contributed by atoms with Gasteiger partial charge in [-0.05, 0) is 55.3 Å². The molecule has 0 spiro atoms. The Morgan fingerprint density at radius 2 is 1.80 bits per heavy atom. The molecule has 3 unspecified atom stereocenters. The number of anilines is 1. The zero-order chi connectivity index (χ0) is 37.1. The summed E-state index contributed by atoms with van der Waals surface area (Å²) in [7, 11) is -16.6. The Labute approximate surface area is 295 Å². The van der Waals surface area contributed by atoms with E-state index in [2.05, 4.69) is 24.3 Å². The molecular weight excluding hydrogens is 764 g/mol. The van der Waals surface area contributed by atoms with Crippen LogP contribution < -0.4 is 15.3 Å². The number of aliphatic hydroxyl groups is 1. The second-order valence-electron chi connectivity index (χ2n) is 12.0. The lowest BCUT2D eigenvalue weighted by Gasteiger charge is -2.29. The predicted molar refractivity (Wildman–Crippen MR) is 177 cm³/mol. The monoisotopic (exact) mass is 800 g/mol.